The zero-order valence-corrected chi connectivity index (χ0v) is 9.10. The van der Waals surface area contributed by atoms with Gasteiger partial charge >= 0.3 is 5.97 Å². The topological polar surface area (TPSA) is 61.1 Å². The number of nitrogens with zero attached hydrogens (tertiary/aromatic N) is 1. The lowest BCUT2D eigenvalue weighted by Crippen LogP contribution is -1.92. The number of carbonyl (C=O) groups is 1. The van der Waals surface area contributed by atoms with Crippen LogP contribution >= 0.6 is 0 Å². The minimum absolute atomic E-state index is 0.441. The number of rotatable bonds is 4. The summed E-state index contributed by atoms with van der Waals surface area (Å²) in [5, 5.41) is 17.1. The normalized spacial score (nSPS) is 10.2. The van der Waals surface area contributed by atoms with Gasteiger partial charge in [0.1, 0.15) is 0 Å². The molecule has 0 atom stereocenters. The van der Waals surface area contributed by atoms with E-state index < -0.39 is 5.97 Å². The van der Waals surface area contributed by atoms with Gasteiger partial charge in [0.05, 0.1) is 6.07 Å². The Morgan fingerprint density at radius 2 is 2.31 bits per heavy atom. The quantitative estimate of drug-likeness (QED) is 0.785. The summed E-state index contributed by atoms with van der Waals surface area (Å²) in [6.45, 7) is 1.95. The van der Waals surface area contributed by atoms with E-state index in [-0.39, 0.29) is 0 Å². The average Bonchev–Trinajstić information content (AvgIpc) is 2.25. The monoisotopic (exact) mass is 215 g/mol. The van der Waals surface area contributed by atoms with Crippen LogP contribution in [0.15, 0.2) is 24.3 Å². The second-order valence-electron chi connectivity index (χ2n) is 3.53. The first-order valence-corrected chi connectivity index (χ1v) is 5.01. The van der Waals surface area contributed by atoms with Gasteiger partial charge in [-0.25, -0.2) is 4.79 Å². The molecule has 0 bridgehead atoms. The summed E-state index contributed by atoms with van der Waals surface area (Å²) in [6, 6.07) is 7.91. The summed E-state index contributed by atoms with van der Waals surface area (Å²) in [4.78, 5) is 10.4. The van der Waals surface area contributed by atoms with Crippen molar-refractivity contribution in [2.24, 2.45) is 0 Å². The third-order valence-electron chi connectivity index (χ3n) is 2.21. The van der Waals surface area contributed by atoms with Gasteiger partial charge in [-0.05, 0) is 30.5 Å². The average molecular weight is 215 g/mol. The highest BCUT2D eigenvalue weighted by Gasteiger charge is 2.00. The molecule has 0 aromatic heterocycles. The molecule has 0 aliphatic carbocycles. The first kappa shape index (κ1) is 12.0. The van der Waals surface area contributed by atoms with Crippen LogP contribution < -0.4 is 0 Å². The van der Waals surface area contributed by atoms with E-state index in [1.807, 2.05) is 25.1 Å². The number of nitriles is 1. The SMILES string of the molecule is Cc1ccc(CCC#N)c(/C=C/C(=O)O)c1. The van der Waals surface area contributed by atoms with Crippen LogP contribution in [-0.4, -0.2) is 11.1 Å². The van der Waals surface area contributed by atoms with Crippen molar-refractivity contribution in [2.75, 3.05) is 0 Å². The number of hydrogen-bond acceptors (Lipinski definition) is 2. The van der Waals surface area contributed by atoms with E-state index in [0.717, 1.165) is 22.8 Å². The molecular formula is C13H13NO2. The molecule has 82 valence electrons. The third-order valence-corrected chi connectivity index (χ3v) is 2.21. The molecule has 3 heteroatoms. The predicted molar refractivity (Wildman–Crippen MR) is 61.8 cm³/mol. The Bertz CT molecular complexity index is 455. The van der Waals surface area contributed by atoms with E-state index in [1.54, 1.807) is 6.08 Å². The van der Waals surface area contributed by atoms with E-state index in [0.29, 0.717) is 12.8 Å². The highest BCUT2D eigenvalue weighted by atomic mass is 16.4. The summed E-state index contributed by atoms with van der Waals surface area (Å²) in [6.07, 6.45) is 3.78. The summed E-state index contributed by atoms with van der Waals surface area (Å²) < 4.78 is 0. The van der Waals surface area contributed by atoms with Gasteiger partial charge < -0.3 is 5.11 Å². The highest BCUT2D eigenvalue weighted by Crippen LogP contribution is 2.15. The number of aliphatic carboxylic acids is 1. The molecule has 0 aliphatic heterocycles. The molecule has 16 heavy (non-hydrogen) atoms. The molecular weight excluding hydrogens is 202 g/mol. The van der Waals surface area contributed by atoms with E-state index in [9.17, 15) is 4.79 Å². The van der Waals surface area contributed by atoms with Gasteiger partial charge in [0.15, 0.2) is 0 Å². The predicted octanol–water partition coefficient (Wildman–Crippen LogP) is 2.55. The molecule has 1 N–H and O–H groups in total. The Labute approximate surface area is 94.6 Å². The fourth-order valence-electron chi connectivity index (χ4n) is 1.45. The Hall–Kier alpha value is -2.08. The molecule has 0 aliphatic rings. The molecule has 0 amide bonds. The summed E-state index contributed by atoms with van der Waals surface area (Å²) in [5.41, 5.74) is 2.95. The van der Waals surface area contributed by atoms with Crippen molar-refractivity contribution in [3.8, 4) is 6.07 Å². The van der Waals surface area contributed by atoms with Crippen LogP contribution in [0, 0.1) is 18.3 Å². The number of carboxylic acid groups (broad SMARTS) is 1. The maximum absolute atomic E-state index is 10.4. The molecule has 0 radical (unpaired) electrons. The Kier molecular flexibility index (Phi) is 4.28. The summed E-state index contributed by atoms with van der Waals surface area (Å²) >= 11 is 0. The zero-order chi connectivity index (χ0) is 12.0. The van der Waals surface area contributed by atoms with E-state index in [4.69, 9.17) is 10.4 Å². The summed E-state index contributed by atoms with van der Waals surface area (Å²) in [5.74, 6) is -0.965. The lowest BCUT2D eigenvalue weighted by atomic mass is 10.0. The van der Waals surface area contributed by atoms with Crippen LogP contribution in [0.5, 0.6) is 0 Å². The second kappa shape index (κ2) is 5.72. The lowest BCUT2D eigenvalue weighted by Gasteiger charge is -2.04. The largest absolute Gasteiger partial charge is 0.478 e. The van der Waals surface area contributed by atoms with E-state index >= 15 is 0 Å². The number of benzene rings is 1. The van der Waals surface area contributed by atoms with Crippen molar-refractivity contribution in [1.82, 2.24) is 0 Å². The molecule has 0 saturated carbocycles. The molecule has 0 saturated heterocycles. The third kappa shape index (κ3) is 3.58. The highest BCUT2D eigenvalue weighted by molar-refractivity contribution is 5.85. The molecule has 1 rings (SSSR count). The van der Waals surface area contributed by atoms with Gasteiger partial charge in [0.25, 0.3) is 0 Å². The van der Waals surface area contributed by atoms with Crippen LogP contribution in [0.2, 0.25) is 0 Å². The fourth-order valence-corrected chi connectivity index (χ4v) is 1.45. The van der Waals surface area contributed by atoms with Crippen LogP contribution in [0.1, 0.15) is 23.1 Å². The van der Waals surface area contributed by atoms with E-state index in [2.05, 4.69) is 6.07 Å². The van der Waals surface area contributed by atoms with Crippen molar-refractivity contribution in [3.63, 3.8) is 0 Å². The van der Waals surface area contributed by atoms with Crippen molar-refractivity contribution in [2.45, 2.75) is 19.8 Å². The van der Waals surface area contributed by atoms with Crippen molar-refractivity contribution in [1.29, 1.82) is 5.26 Å². The van der Waals surface area contributed by atoms with Crippen LogP contribution in [0.25, 0.3) is 6.08 Å². The van der Waals surface area contributed by atoms with Crippen LogP contribution in [-0.2, 0) is 11.2 Å². The molecule has 0 unspecified atom stereocenters. The van der Waals surface area contributed by atoms with Gasteiger partial charge in [0.2, 0.25) is 0 Å². The van der Waals surface area contributed by atoms with E-state index in [1.165, 1.54) is 0 Å². The number of aryl methyl sites for hydroxylation is 2. The maximum Gasteiger partial charge on any atom is 0.328 e. The zero-order valence-electron chi connectivity index (χ0n) is 9.10. The first-order valence-electron chi connectivity index (χ1n) is 5.01. The van der Waals surface area contributed by atoms with Gasteiger partial charge in [-0.1, -0.05) is 23.8 Å². The minimum atomic E-state index is -0.965. The van der Waals surface area contributed by atoms with Gasteiger partial charge in [-0.15, -0.1) is 0 Å². The molecule has 1 aromatic carbocycles. The Morgan fingerprint density at radius 1 is 1.56 bits per heavy atom. The Morgan fingerprint density at radius 3 is 2.94 bits per heavy atom. The first-order chi connectivity index (χ1) is 7.63. The second-order valence-corrected chi connectivity index (χ2v) is 3.53. The van der Waals surface area contributed by atoms with Gasteiger partial charge in [0, 0.05) is 12.5 Å². The molecule has 0 heterocycles. The molecule has 3 nitrogen and oxygen atoms in total. The minimum Gasteiger partial charge on any atom is -0.478 e. The molecule has 0 fully saturated rings. The van der Waals surface area contributed by atoms with Crippen molar-refractivity contribution < 1.29 is 9.90 Å². The standard InChI is InChI=1S/C13H13NO2/c1-10-4-5-11(3-2-8-14)12(9-10)6-7-13(15)16/h4-7,9H,2-3H2,1H3,(H,15,16)/b7-6+. The van der Waals surface area contributed by atoms with Crippen LogP contribution in [0.4, 0.5) is 0 Å². The van der Waals surface area contributed by atoms with Crippen molar-refractivity contribution >= 4 is 12.0 Å². The lowest BCUT2D eigenvalue weighted by molar-refractivity contribution is -0.131. The summed E-state index contributed by atoms with van der Waals surface area (Å²) in [7, 11) is 0. The fraction of sp³-hybridized carbons (Fsp3) is 0.231. The molecule has 1 aromatic rings. The van der Waals surface area contributed by atoms with Crippen molar-refractivity contribution in [3.05, 3.63) is 41.0 Å². The van der Waals surface area contributed by atoms with Gasteiger partial charge in [-0.2, -0.15) is 5.26 Å². The Balaban J connectivity index is 2.99. The van der Waals surface area contributed by atoms with Gasteiger partial charge in [-0.3, -0.25) is 0 Å². The van der Waals surface area contributed by atoms with Crippen LogP contribution in [0.3, 0.4) is 0 Å². The number of hydrogen-bond donors (Lipinski definition) is 1. The number of carboxylic acids is 1. The smallest absolute Gasteiger partial charge is 0.328 e. The maximum atomic E-state index is 10.4. The molecule has 0 spiro atoms.